The van der Waals surface area contributed by atoms with E-state index >= 15 is 0 Å². The van der Waals surface area contributed by atoms with Gasteiger partial charge >= 0.3 is 0 Å². The summed E-state index contributed by atoms with van der Waals surface area (Å²) in [6, 6.07) is 12.2. The Bertz CT molecular complexity index is 920. The Labute approximate surface area is 136 Å². The van der Waals surface area contributed by atoms with Crippen LogP contribution in [0.1, 0.15) is 0 Å². The van der Waals surface area contributed by atoms with Gasteiger partial charge in [-0.2, -0.15) is 0 Å². The lowest BCUT2D eigenvalue weighted by molar-refractivity contribution is 0.598. The van der Waals surface area contributed by atoms with Crippen molar-refractivity contribution >= 4 is 32.2 Å². The second-order valence-corrected chi connectivity index (χ2v) is 7.16. The molecule has 0 atom stereocenters. The normalized spacial score (nSPS) is 11.4. The summed E-state index contributed by atoms with van der Waals surface area (Å²) in [5, 5.41) is 10.6. The number of aromatic nitrogens is 1. The van der Waals surface area contributed by atoms with Crippen LogP contribution in [-0.2, 0) is 10.0 Å². The summed E-state index contributed by atoms with van der Waals surface area (Å²) in [6.07, 6.45) is 0. The van der Waals surface area contributed by atoms with Crippen LogP contribution >= 0.6 is 11.3 Å². The molecule has 118 valence electrons. The van der Waals surface area contributed by atoms with Crippen LogP contribution in [0, 0.1) is 5.82 Å². The molecule has 0 unspecified atom stereocenters. The van der Waals surface area contributed by atoms with Gasteiger partial charge in [0.2, 0.25) is 10.0 Å². The molecular weight excluding hydrogens is 337 g/mol. The summed E-state index contributed by atoms with van der Waals surface area (Å²) in [6.45, 7) is 0. The molecule has 0 radical (unpaired) electrons. The molecule has 3 N–H and O–H groups in total. The fraction of sp³-hybridized carbons (Fsp3) is 0. The van der Waals surface area contributed by atoms with Crippen LogP contribution in [0.3, 0.4) is 0 Å². The van der Waals surface area contributed by atoms with Gasteiger partial charge < -0.3 is 5.32 Å². The van der Waals surface area contributed by atoms with Gasteiger partial charge in [0.05, 0.1) is 10.6 Å². The van der Waals surface area contributed by atoms with E-state index in [1.807, 2.05) is 5.38 Å². The molecule has 0 aliphatic heterocycles. The SMILES string of the molecule is NS(=O)(=O)c1ccc(-c2csc(Nc3ccc(F)cc3)n2)cc1. The molecule has 0 spiro atoms. The van der Waals surface area contributed by atoms with E-state index in [2.05, 4.69) is 10.3 Å². The number of anilines is 2. The number of nitrogens with one attached hydrogen (secondary N) is 1. The van der Waals surface area contributed by atoms with E-state index in [9.17, 15) is 12.8 Å². The number of benzene rings is 2. The van der Waals surface area contributed by atoms with Crippen molar-refractivity contribution in [3.05, 3.63) is 59.7 Å². The molecule has 8 heteroatoms. The zero-order chi connectivity index (χ0) is 16.4. The van der Waals surface area contributed by atoms with Gasteiger partial charge in [0.15, 0.2) is 5.13 Å². The van der Waals surface area contributed by atoms with Crippen LogP contribution in [0.4, 0.5) is 15.2 Å². The summed E-state index contributed by atoms with van der Waals surface area (Å²) >= 11 is 1.39. The minimum atomic E-state index is -3.70. The first-order valence-corrected chi connectivity index (χ1v) is 8.96. The van der Waals surface area contributed by atoms with Gasteiger partial charge in [0.1, 0.15) is 5.82 Å². The van der Waals surface area contributed by atoms with E-state index < -0.39 is 10.0 Å². The van der Waals surface area contributed by atoms with Gasteiger partial charge in [0.25, 0.3) is 0 Å². The molecule has 0 aliphatic rings. The van der Waals surface area contributed by atoms with E-state index in [1.165, 1.54) is 35.6 Å². The summed E-state index contributed by atoms with van der Waals surface area (Å²) in [4.78, 5) is 4.48. The second kappa shape index (κ2) is 6.07. The Balaban J connectivity index is 1.80. The highest BCUT2D eigenvalue weighted by Gasteiger charge is 2.09. The number of thiazole rings is 1. The molecule has 3 rings (SSSR count). The molecule has 0 saturated heterocycles. The van der Waals surface area contributed by atoms with E-state index in [1.54, 1.807) is 24.3 Å². The molecule has 0 aliphatic carbocycles. The van der Waals surface area contributed by atoms with Gasteiger partial charge in [-0.1, -0.05) is 12.1 Å². The fourth-order valence-electron chi connectivity index (χ4n) is 1.94. The standard InChI is InChI=1S/C15H12FN3O2S2/c16-11-3-5-12(6-4-11)18-15-19-14(9-22-15)10-1-7-13(8-2-10)23(17,20)21/h1-9H,(H,18,19)(H2,17,20,21). The van der Waals surface area contributed by atoms with Crippen LogP contribution in [0.2, 0.25) is 0 Å². The van der Waals surface area contributed by atoms with Crippen molar-refractivity contribution in [3.63, 3.8) is 0 Å². The Morgan fingerprint density at radius 3 is 2.30 bits per heavy atom. The van der Waals surface area contributed by atoms with Crippen molar-refractivity contribution in [2.24, 2.45) is 5.14 Å². The first kappa shape index (κ1) is 15.6. The summed E-state index contributed by atoms with van der Waals surface area (Å²) in [5.41, 5.74) is 2.22. The predicted molar refractivity (Wildman–Crippen MR) is 88.6 cm³/mol. The van der Waals surface area contributed by atoms with Crippen molar-refractivity contribution in [2.45, 2.75) is 4.90 Å². The fourth-order valence-corrected chi connectivity index (χ4v) is 3.19. The number of rotatable bonds is 4. The highest BCUT2D eigenvalue weighted by atomic mass is 32.2. The zero-order valence-electron chi connectivity index (χ0n) is 11.7. The molecule has 1 heterocycles. The van der Waals surface area contributed by atoms with Crippen molar-refractivity contribution in [1.29, 1.82) is 0 Å². The third-order valence-electron chi connectivity index (χ3n) is 3.08. The van der Waals surface area contributed by atoms with Crippen LogP contribution in [-0.4, -0.2) is 13.4 Å². The first-order valence-electron chi connectivity index (χ1n) is 6.53. The van der Waals surface area contributed by atoms with Crippen molar-refractivity contribution in [2.75, 3.05) is 5.32 Å². The number of primary sulfonamides is 1. The van der Waals surface area contributed by atoms with Gasteiger partial charge in [-0.25, -0.2) is 22.9 Å². The van der Waals surface area contributed by atoms with E-state index in [0.29, 0.717) is 10.8 Å². The van der Waals surface area contributed by atoms with Gasteiger partial charge in [0, 0.05) is 16.6 Å². The third-order valence-corrected chi connectivity index (χ3v) is 4.77. The lowest BCUT2D eigenvalue weighted by Gasteiger charge is -2.02. The van der Waals surface area contributed by atoms with E-state index in [0.717, 1.165) is 11.3 Å². The Kier molecular flexibility index (Phi) is 4.12. The van der Waals surface area contributed by atoms with Gasteiger partial charge in [-0.3, -0.25) is 0 Å². The number of sulfonamides is 1. The molecule has 0 bridgehead atoms. The smallest absolute Gasteiger partial charge is 0.238 e. The largest absolute Gasteiger partial charge is 0.332 e. The summed E-state index contributed by atoms with van der Waals surface area (Å²) < 4.78 is 35.4. The number of hydrogen-bond acceptors (Lipinski definition) is 5. The Morgan fingerprint density at radius 2 is 1.70 bits per heavy atom. The Hall–Kier alpha value is -2.29. The molecule has 0 fully saturated rings. The van der Waals surface area contributed by atoms with E-state index in [-0.39, 0.29) is 10.7 Å². The van der Waals surface area contributed by atoms with E-state index in [4.69, 9.17) is 5.14 Å². The molecule has 23 heavy (non-hydrogen) atoms. The summed E-state index contributed by atoms with van der Waals surface area (Å²) in [5.74, 6) is -0.301. The summed E-state index contributed by atoms with van der Waals surface area (Å²) in [7, 11) is -3.70. The highest BCUT2D eigenvalue weighted by Crippen LogP contribution is 2.27. The van der Waals surface area contributed by atoms with Crippen LogP contribution < -0.4 is 10.5 Å². The van der Waals surface area contributed by atoms with Crippen molar-refractivity contribution in [1.82, 2.24) is 4.98 Å². The maximum atomic E-state index is 12.9. The average Bonchev–Trinajstić information content (AvgIpc) is 2.97. The average molecular weight is 349 g/mol. The molecule has 0 saturated carbocycles. The molecule has 5 nitrogen and oxygen atoms in total. The number of nitrogens with two attached hydrogens (primary N) is 1. The minimum absolute atomic E-state index is 0.0566. The third kappa shape index (κ3) is 3.73. The number of nitrogens with zero attached hydrogens (tertiary/aromatic N) is 1. The minimum Gasteiger partial charge on any atom is -0.332 e. The predicted octanol–water partition coefficient (Wildman–Crippen LogP) is 3.34. The van der Waals surface area contributed by atoms with Crippen LogP contribution in [0.5, 0.6) is 0 Å². The second-order valence-electron chi connectivity index (χ2n) is 4.74. The van der Waals surface area contributed by atoms with Crippen LogP contribution in [0.25, 0.3) is 11.3 Å². The lowest BCUT2D eigenvalue weighted by Crippen LogP contribution is -2.11. The van der Waals surface area contributed by atoms with Gasteiger partial charge in [-0.15, -0.1) is 11.3 Å². The lowest BCUT2D eigenvalue weighted by atomic mass is 10.2. The number of hydrogen-bond donors (Lipinski definition) is 2. The first-order chi connectivity index (χ1) is 10.9. The molecule has 2 aromatic carbocycles. The quantitative estimate of drug-likeness (QED) is 0.756. The van der Waals surface area contributed by atoms with Gasteiger partial charge in [-0.05, 0) is 36.4 Å². The number of halogens is 1. The van der Waals surface area contributed by atoms with Crippen LogP contribution in [0.15, 0.2) is 58.8 Å². The van der Waals surface area contributed by atoms with Crippen molar-refractivity contribution < 1.29 is 12.8 Å². The monoisotopic (exact) mass is 349 g/mol. The topological polar surface area (TPSA) is 85.1 Å². The molecule has 0 amide bonds. The van der Waals surface area contributed by atoms with Crippen molar-refractivity contribution in [3.8, 4) is 11.3 Å². The molecule has 3 aromatic rings. The molecular formula is C15H12FN3O2S2. The molecule has 1 aromatic heterocycles. The maximum absolute atomic E-state index is 12.9. The Morgan fingerprint density at radius 1 is 1.04 bits per heavy atom. The zero-order valence-corrected chi connectivity index (χ0v) is 13.4. The maximum Gasteiger partial charge on any atom is 0.238 e. The highest BCUT2D eigenvalue weighted by molar-refractivity contribution is 7.89.